The predicted octanol–water partition coefficient (Wildman–Crippen LogP) is 0.791. The Bertz CT molecular complexity index is 419. The third kappa shape index (κ3) is 2.53. The van der Waals surface area contributed by atoms with Crippen molar-refractivity contribution < 1.29 is 9.94 Å². The highest BCUT2D eigenvalue weighted by atomic mass is 16.5. The summed E-state index contributed by atoms with van der Waals surface area (Å²) in [6, 6.07) is 4.06. The van der Waals surface area contributed by atoms with Gasteiger partial charge in [-0.25, -0.2) is 4.98 Å². The van der Waals surface area contributed by atoms with Crippen LogP contribution in [0, 0.1) is 0 Å². The van der Waals surface area contributed by atoms with Gasteiger partial charge in [-0.2, -0.15) is 0 Å². The van der Waals surface area contributed by atoms with Crippen LogP contribution in [0.2, 0.25) is 0 Å². The van der Waals surface area contributed by atoms with Gasteiger partial charge in [0.25, 0.3) is 0 Å². The van der Waals surface area contributed by atoms with E-state index in [4.69, 9.17) is 15.7 Å². The SMILES string of the molecule is CCC1COCCN1c1ccc(/C(N)=N/O)cn1. The molecule has 0 aromatic carbocycles. The second-order valence-corrected chi connectivity index (χ2v) is 4.22. The molecule has 0 saturated carbocycles. The van der Waals surface area contributed by atoms with Crippen LogP contribution in [0.5, 0.6) is 0 Å². The van der Waals surface area contributed by atoms with Crippen molar-refractivity contribution in [3.05, 3.63) is 23.9 Å². The highest BCUT2D eigenvalue weighted by Crippen LogP contribution is 2.19. The molecule has 0 spiro atoms. The van der Waals surface area contributed by atoms with Gasteiger partial charge in [-0.1, -0.05) is 12.1 Å². The predicted molar refractivity (Wildman–Crippen MR) is 69.0 cm³/mol. The van der Waals surface area contributed by atoms with Crippen molar-refractivity contribution >= 4 is 11.7 Å². The average molecular weight is 250 g/mol. The fourth-order valence-electron chi connectivity index (χ4n) is 2.06. The molecular formula is C12H18N4O2. The molecule has 0 amide bonds. The van der Waals surface area contributed by atoms with Crippen LogP contribution in [0.15, 0.2) is 23.5 Å². The molecule has 1 atom stereocenters. The Kier molecular flexibility index (Phi) is 3.99. The van der Waals surface area contributed by atoms with Gasteiger partial charge in [-0.05, 0) is 18.6 Å². The number of morpholine rings is 1. The summed E-state index contributed by atoms with van der Waals surface area (Å²) in [5, 5.41) is 11.5. The van der Waals surface area contributed by atoms with Crippen molar-refractivity contribution in [3.63, 3.8) is 0 Å². The van der Waals surface area contributed by atoms with E-state index >= 15 is 0 Å². The Morgan fingerprint density at radius 2 is 2.50 bits per heavy atom. The van der Waals surface area contributed by atoms with Gasteiger partial charge in [-0.15, -0.1) is 0 Å². The summed E-state index contributed by atoms with van der Waals surface area (Å²) < 4.78 is 5.46. The minimum absolute atomic E-state index is 0.0723. The molecule has 1 aromatic heterocycles. The summed E-state index contributed by atoms with van der Waals surface area (Å²) >= 11 is 0. The van der Waals surface area contributed by atoms with Crippen LogP contribution in [0.4, 0.5) is 5.82 Å². The molecule has 3 N–H and O–H groups in total. The largest absolute Gasteiger partial charge is 0.409 e. The van der Waals surface area contributed by atoms with Crippen molar-refractivity contribution in [1.29, 1.82) is 0 Å². The average Bonchev–Trinajstić information content (AvgIpc) is 2.46. The first-order valence-electron chi connectivity index (χ1n) is 6.04. The maximum absolute atomic E-state index is 8.59. The van der Waals surface area contributed by atoms with E-state index in [1.54, 1.807) is 12.3 Å². The number of amidine groups is 1. The molecule has 1 aliphatic rings. The van der Waals surface area contributed by atoms with E-state index in [-0.39, 0.29) is 5.84 Å². The van der Waals surface area contributed by atoms with E-state index in [1.807, 2.05) is 6.07 Å². The topological polar surface area (TPSA) is 84.0 Å². The van der Waals surface area contributed by atoms with Crippen LogP contribution < -0.4 is 10.6 Å². The van der Waals surface area contributed by atoms with Gasteiger partial charge in [0.05, 0.1) is 19.3 Å². The number of nitrogens with two attached hydrogens (primary N) is 1. The lowest BCUT2D eigenvalue weighted by Crippen LogP contribution is -2.45. The first-order chi connectivity index (χ1) is 8.76. The van der Waals surface area contributed by atoms with Crippen molar-refractivity contribution in [1.82, 2.24) is 4.98 Å². The summed E-state index contributed by atoms with van der Waals surface area (Å²) in [6.07, 6.45) is 2.64. The Hall–Kier alpha value is -1.82. The Labute approximate surface area is 106 Å². The molecule has 1 aliphatic heterocycles. The van der Waals surface area contributed by atoms with Crippen LogP contribution in [-0.4, -0.2) is 41.8 Å². The lowest BCUT2D eigenvalue weighted by Gasteiger charge is -2.36. The zero-order valence-corrected chi connectivity index (χ0v) is 10.4. The third-order valence-corrected chi connectivity index (χ3v) is 3.14. The quantitative estimate of drug-likeness (QED) is 0.358. The molecule has 0 bridgehead atoms. The van der Waals surface area contributed by atoms with Crippen LogP contribution >= 0.6 is 0 Å². The first kappa shape index (κ1) is 12.6. The minimum atomic E-state index is 0.0723. The number of pyridine rings is 1. The zero-order chi connectivity index (χ0) is 13.0. The maximum Gasteiger partial charge on any atom is 0.171 e. The number of hydrogen-bond donors (Lipinski definition) is 2. The van der Waals surface area contributed by atoms with Crippen LogP contribution in [0.25, 0.3) is 0 Å². The smallest absolute Gasteiger partial charge is 0.171 e. The van der Waals surface area contributed by atoms with E-state index in [2.05, 4.69) is 22.0 Å². The van der Waals surface area contributed by atoms with Gasteiger partial charge in [0, 0.05) is 18.3 Å². The first-order valence-corrected chi connectivity index (χ1v) is 6.04. The Morgan fingerprint density at radius 3 is 3.11 bits per heavy atom. The van der Waals surface area contributed by atoms with Crippen molar-refractivity contribution in [2.45, 2.75) is 19.4 Å². The van der Waals surface area contributed by atoms with E-state index < -0.39 is 0 Å². The number of nitrogens with zero attached hydrogens (tertiary/aromatic N) is 3. The molecule has 6 nitrogen and oxygen atoms in total. The molecule has 1 saturated heterocycles. The lowest BCUT2D eigenvalue weighted by atomic mass is 10.1. The number of ether oxygens (including phenoxy) is 1. The molecule has 0 radical (unpaired) electrons. The molecule has 98 valence electrons. The van der Waals surface area contributed by atoms with Gasteiger partial charge in [0.15, 0.2) is 5.84 Å². The molecule has 6 heteroatoms. The lowest BCUT2D eigenvalue weighted by molar-refractivity contribution is 0.0926. The van der Waals surface area contributed by atoms with Crippen molar-refractivity contribution in [2.24, 2.45) is 10.9 Å². The van der Waals surface area contributed by atoms with E-state index in [0.717, 1.165) is 32.0 Å². The molecule has 2 rings (SSSR count). The molecule has 2 heterocycles. The number of oxime groups is 1. The highest BCUT2D eigenvalue weighted by Gasteiger charge is 2.22. The fraction of sp³-hybridized carbons (Fsp3) is 0.500. The number of rotatable bonds is 3. The molecule has 1 fully saturated rings. The molecule has 1 unspecified atom stereocenters. The maximum atomic E-state index is 8.59. The summed E-state index contributed by atoms with van der Waals surface area (Å²) in [6.45, 7) is 4.44. The number of hydrogen-bond acceptors (Lipinski definition) is 5. The van der Waals surface area contributed by atoms with Crippen molar-refractivity contribution in [2.75, 3.05) is 24.7 Å². The Balaban J connectivity index is 2.17. The Morgan fingerprint density at radius 1 is 1.67 bits per heavy atom. The second kappa shape index (κ2) is 5.68. The highest BCUT2D eigenvalue weighted by molar-refractivity contribution is 5.96. The standard InChI is InChI=1S/C12H18N4O2/c1-2-10-8-18-6-5-16(10)11-4-3-9(7-14-11)12(13)15-17/h3-4,7,10,17H,2,5-6,8H2,1H3,(H2,13,15). The monoisotopic (exact) mass is 250 g/mol. The number of aromatic nitrogens is 1. The third-order valence-electron chi connectivity index (χ3n) is 3.14. The van der Waals surface area contributed by atoms with Crippen LogP contribution in [-0.2, 0) is 4.74 Å². The zero-order valence-electron chi connectivity index (χ0n) is 10.4. The summed E-state index contributed by atoms with van der Waals surface area (Å²) in [7, 11) is 0. The van der Waals surface area contributed by atoms with Gasteiger partial charge in [0.2, 0.25) is 0 Å². The van der Waals surface area contributed by atoms with Gasteiger partial charge < -0.3 is 20.6 Å². The molecule has 18 heavy (non-hydrogen) atoms. The van der Waals surface area contributed by atoms with E-state index in [1.165, 1.54) is 0 Å². The van der Waals surface area contributed by atoms with Crippen LogP contribution in [0.1, 0.15) is 18.9 Å². The minimum Gasteiger partial charge on any atom is -0.409 e. The molecule has 0 aliphatic carbocycles. The summed E-state index contributed by atoms with van der Waals surface area (Å²) in [5.41, 5.74) is 6.12. The molecular weight excluding hydrogens is 232 g/mol. The molecule has 1 aromatic rings. The normalized spacial score (nSPS) is 21.1. The summed E-state index contributed by atoms with van der Waals surface area (Å²) in [4.78, 5) is 6.60. The van der Waals surface area contributed by atoms with Gasteiger partial charge in [-0.3, -0.25) is 0 Å². The van der Waals surface area contributed by atoms with Crippen LogP contribution in [0.3, 0.4) is 0 Å². The van der Waals surface area contributed by atoms with Gasteiger partial charge in [0.1, 0.15) is 5.82 Å². The fourth-order valence-corrected chi connectivity index (χ4v) is 2.06. The summed E-state index contributed by atoms with van der Waals surface area (Å²) in [5.74, 6) is 0.975. The van der Waals surface area contributed by atoms with E-state index in [0.29, 0.717) is 11.6 Å². The van der Waals surface area contributed by atoms with Gasteiger partial charge >= 0.3 is 0 Å². The van der Waals surface area contributed by atoms with Crippen molar-refractivity contribution in [3.8, 4) is 0 Å². The number of anilines is 1. The second-order valence-electron chi connectivity index (χ2n) is 4.22. The van der Waals surface area contributed by atoms with E-state index in [9.17, 15) is 0 Å².